The molecule has 0 atom stereocenters. The third-order valence-corrected chi connectivity index (χ3v) is 2.32. The first kappa shape index (κ1) is 14.6. The largest absolute Gasteiger partial charge is 0.378 e. The Morgan fingerprint density at radius 2 is 1.94 bits per heavy atom. The van der Waals surface area contributed by atoms with Crippen LogP contribution in [0.15, 0.2) is 24.3 Å². The van der Waals surface area contributed by atoms with Crippen LogP contribution in [-0.2, 0) is 4.74 Å². The fourth-order valence-corrected chi connectivity index (χ4v) is 1.29. The van der Waals surface area contributed by atoms with Crippen molar-refractivity contribution in [3.8, 4) is 0 Å². The molecule has 1 N–H and O–H groups in total. The minimum Gasteiger partial charge on any atom is -0.378 e. The molecule has 1 rings (SSSR count). The Hall–Kier alpha value is -1.46. The smallest absolute Gasteiger partial charge is 0.251 e. The lowest BCUT2D eigenvalue weighted by molar-refractivity contribution is 0.0900. The molecule has 0 saturated heterocycles. The molecule has 18 heavy (non-hydrogen) atoms. The van der Waals surface area contributed by atoms with Gasteiger partial charge in [0.05, 0.1) is 13.2 Å². The lowest BCUT2D eigenvalue weighted by Crippen LogP contribution is -2.28. The normalized spacial score (nSPS) is 10.7. The lowest BCUT2D eigenvalue weighted by atomic mass is 10.2. The number of carbonyl (C=O) groups is 1. The van der Waals surface area contributed by atoms with E-state index < -0.39 is 0 Å². The van der Waals surface area contributed by atoms with Crippen LogP contribution in [0.3, 0.4) is 0 Å². The highest BCUT2D eigenvalue weighted by Crippen LogP contribution is 2.01. The van der Waals surface area contributed by atoms with Crippen LogP contribution in [0.1, 0.15) is 10.4 Å². The van der Waals surface area contributed by atoms with Gasteiger partial charge in [0.2, 0.25) is 0 Å². The van der Waals surface area contributed by atoms with Crippen molar-refractivity contribution in [2.75, 3.05) is 40.4 Å². The van der Waals surface area contributed by atoms with Crippen LogP contribution in [0.4, 0.5) is 4.39 Å². The summed E-state index contributed by atoms with van der Waals surface area (Å²) in [7, 11) is 3.94. The van der Waals surface area contributed by atoms with Crippen LogP contribution in [0.2, 0.25) is 0 Å². The molecular formula is C13H19FN2O2. The minimum atomic E-state index is -0.349. The zero-order valence-corrected chi connectivity index (χ0v) is 10.8. The number of hydrogen-bond acceptors (Lipinski definition) is 3. The molecule has 1 aromatic rings. The molecule has 100 valence electrons. The van der Waals surface area contributed by atoms with Gasteiger partial charge in [-0.05, 0) is 38.4 Å². The van der Waals surface area contributed by atoms with Crippen LogP contribution in [0.25, 0.3) is 0 Å². The van der Waals surface area contributed by atoms with Crippen molar-refractivity contribution in [3.63, 3.8) is 0 Å². The quantitative estimate of drug-likeness (QED) is 0.742. The minimum absolute atomic E-state index is 0.216. The standard InChI is InChI=1S/C13H19FN2O2/c1-16(2)8-10-18-9-7-15-13(17)11-3-5-12(14)6-4-11/h3-6H,7-10H2,1-2H3,(H,15,17). The van der Waals surface area contributed by atoms with Crippen LogP contribution in [0.5, 0.6) is 0 Å². The summed E-state index contributed by atoms with van der Waals surface area (Å²) in [6.07, 6.45) is 0. The average Bonchev–Trinajstić information content (AvgIpc) is 2.34. The molecule has 5 heteroatoms. The lowest BCUT2D eigenvalue weighted by Gasteiger charge is -2.10. The molecule has 0 aromatic heterocycles. The Labute approximate surface area is 107 Å². The average molecular weight is 254 g/mol. The van der Waals surface area contributed by atoms with E-state index in [4.69, 9.17) is 4.74 Å². The summed E-state index contributed by atoms with van der Waals surface area (Å²) in [6.45, 7) is 2.41. The van der Waals surface area contributed by atoms with Crippen molar-refractivity contribution >= 4 is 5.91 Å². The predicted octanol–water partition coefficient (Wildman–Crippen LogP) is 1.13. The van der Waals surface area contributed by atoms with E-state index >= 15 is 0 Å². The summed E-state index contributed by atoms with van der Waals surface area (Å²) >= 11 is 0. The fraction of sp³-hybridized carbons (Fsp3) is 0.462. The van der Waals surface area contributed by atoms with E-state index in [0.29, 0.717) is 25.3 Å². The fourth-order valence-electron chi connectivity index (χ4n) is 1.29. The maximum atomic E-state index is 12.7. The number of rotatable bonds is 7. The molecule has 0 saturated carbocycles. The third kappa shape index (κ3) is 5.75. The van der Waals surface area contributed by atoms with Gasteiger partial charge in [0.15, 0.2) is 0 Å². The van der Waals surface area contributed by atoms with E-state index in [2.05, 4.69) is 5.32 Å². The van der Waals surface area contributed by atoms with Crippen molar-refractivity contribution in [3.05, 3.63) is 35.6 Å². The monoisotopic (exact) mass is 254 g/mol. The van der Waals surface area contributed by atoms with Crippen molar-refractivity contribution in [1.82, 2.24) is 10.2 Å². The van der Waals surface area contributed by atoms with Gasteiger partial charge in [-0.15, -0.1) is 0 Å². The van der Waals surface area contributed by atoms with Gasteiger partial charge in [0.1, 0.15) is 5.82 Å². The summed E-state index contributed by atoms with van der Waals surface area (Å²) in [5.41, 5.74) is 0.449. The van der Waals surface area contributed by atoms with E-state index in [1.807, 2.05) is 19.0 Å². The number of benzene rings is 1. The Balaban J connectivity index is 2.16. The molecule has 0 heterocycles. The van der Waals surface area contributed by atoms with Crippen molar-refractivity contribution in [2.45, 2.75) is 0 Å². The van der Waals surface area contributed by atoms with Gasteiger partial charge in [-0.25, -0.2) is 4.39 Å². The number of likely N-dealkylation sites (N-methyl/N-ethyl adjacent to an activating group) is 1. The SMILES string of the molecule is CN(C)CCOCCNC(=O)c1ccc(F)cc1. The highest BCUT2D eigenvalue weighted by molar-refractivity contribution is 5.94. The predicted molar refractivity (Wildman–Crippen MR) is 68.1 cm³/mol. The van der Waals surface area contributed by atoms with Gasteiger partial charge in [0.25, 0.3) is 5.91 Å². The Bertz CT molecular complexity index is 366. The first-order valence-electron chi connectivity index (χ1n) is 5.86. The van der Waals surface area contributed by atoms with Gasteiger partial charge in [0, 0.05) is 18.7 Å². The third-order valence-electron chi connectivity index (χ3n) is 2.32. The highest BCUT2D eigenvalue weighted by atomic mass is 19.1. The van der Waals surface area contributed by atoms with Gasteiger partial charge in [-0.2, -0.15) is 0 Å². The second-order valence-corrected chi connectivity index (χ2v) is 4.18. The van der Waals surface area contributed by atoms with E-state index in [0.717, 1.165) is 6.54 Å². The maximum Gasteiger partial charge on any atom is 0.251 e. The van der Waals surface area contributed by atoms with Crippen LogP contribution >= 0.6 is 0 Å². The molecule has 0 aliphatic heterocycles. The molecular weight excluding hydrogens is 235 g/mol. The van der Waals surface area contributed by atoms with E-state index in [9.17, 15) is 9.18 Å². The van der Waals surface area contributed by atoms with Gasteiger partial charge < -0.3 is 15.0 Å². The molecule has 0 aliphatic rings. The zero-order chi connectivity index (χ0) is 13.4. The molecule has 0 radical (unpaired) electrons. The molecule has 0 unspecified atom stereocenters. The number of amides is 1. The molecule has 0 bridgehead atoms. The number of ether oxygens (including phenoxy) is 1. The number of nitrogens with one attached hydrogen (secondary N) is 1. The summed E-state index contributed by atoms with van der Waals surface area (Å²) in [5, 5.41) is 2.71. The number of carbonyl (C=O) groups excluding carboxylic acids is 1. The van der Waals surface area contributed by atoms with Crippen molar-refractivity contribution in [1.29, 1.82) is 0 Å². The van der Waals surface area contributed by atoms with Crippen LogP contribution in [-0.4, -0.2) is 51.2 Å². The first-order valence-corrected chi connectivity index (χ1v) is 5.86. The molecule has 0 aliphatic carbocycles. The van der Waals surface area contributed by atoms with E-state index in [-0.39, 0.29) is 11.7 Å². The van der Waals surface area contributed by atoms with Crippen molar-refractivity contribution < 1.29 is 13.9 Å². The molecule has 0 fully saturated rings. The summed E-state index contributed by atoms with van der Waals surface area (Å²) in [5.74, 6) is -0.565. The summed E-state index contributed by atoms with van der Waals surface area (Å²) < 4.78 is 18.0. The Morgan fingerprint density at radius 1 is 1.28 bits per heavy atom. The Kier molecular flexibility index (Phi) is 6.32. The molecule has 4 nitrogen and oxygen atoms in total. The molecule has 0 spiro atoms. The second kappa shape index (κ2) is 7.79. The van der Waals surface area contributed by atoms with E-state index in [1.165, 1.54) is 24.3 Å². The molecule has 1 aromatic carbocycles. The van der Waals surface area contributed by atoms with Gasteiger partial charge in [-0.1, -0.05) is 0 Å². The number of nitrogens with zero attached hydrogens (tertiary/aromatic N) is 1. The van der Waals surface area contributed by atoms with E-state index in [1.54, 1.807) is 0 Å². The maximum absolute atomic E-state index is 12.7. The topological polar surface area (TPSA) is 41.6 Å². The van der Waals surface area contributed by atoms with Crippen LogP contribution in [0, 0.1) is 5.82 Å². The van der Waals surface area contributed by atoms with Gasteiger partial charge in [-0.3, -0.25) is 4.79 Å². The van der Waals surface area contributed by atoms with Gasteiger partial charge >= 0.3 is 0 Å². The van der Waals surface area contributed by atoms with Crippen molar-refractivity contribution in [2.24, 2.45) is 0 Å². The number of halogens is 1. The molecule has 1 amide bonds. The number of hydrogen-bond donors (Lipinski definition) is 1. The Morgan fingerprint density at radius 3 is 2.56 bits per heavy atom. The second-order valence-electron chi connectivity index (χ2n) is 4.18. The first-order chi connectivity index (χ1) is 8.59. The summed E-state index contributed by atoms with van der Waals surface area (Å²) in [4.78, 5) is 13.6. The van der Waals surface area contributed by atoms with Crippen LogP contribution < -0.4 is 5.32 Å². The summed E-state index contributed by atoms with van der Waals surface area (Å²) in [6, 6.07) is 5.44. The highest BCUT2D eigenvalue weighted by Gasteiger charge is 2.04. The zero-order valence-electron chi connectivity index (χ0n) is 10.8.